The number of rotatable bonds is 22. The maximum absolute atomic E-state index is 12.0. The molecule has 0 saturated heterocycles. The van der Waals surface area contributed by atoms with Crippen molar-refractivity contribution in [3.05, 3.63) is 96.1 Å². The van der Waals surface area contributed by atoms with Gasteiger partial charge in [0.2, 0.25) is 0 Å². The Morgan fingerprint density at radius 3 is 1.20 bits per heavy atom. The summed E-state index contributed by atoms with van der Waals surface area (Å²) in [6.45, 7) is 1.61. The van der Waals surface area contributed by atoms with E-state index in [9.17, 15) is 19.2 Å². The van der Waals surface area contributed by atoms with E-state index >= 15 is 0 Å². The van der Waals surface area contributed by atoms with Gasteiger partial charge in [-0.1, -0.05) is 36.5 Å². The van der Waals surface area contributed by atoms with E-state index in [-0.39, 0.29) is 31.6 Å². The van der Waals surface area contributed by atoms with Crippen molar-refractivity contribution in [1.82, 2.24) is 0 Å². The lowest BCUT2D eigenvalue weighted by atomic mass is 10.2. The Kier molecular flexibility index (Phi) is 15.7. The van der Waals surface area contributed by atoms with Crippen LogP contribution in [0.15, 0.2) is 96.1 Å². The van der Waals surface area contributed by atoms with Gasteiger partial charge >= 0.3 is 23.9 Å². The third kappa shape index (κ3) is 14.3. The highest BCUT2D eigenvalue weighted by Gasteiger charge is 2.14. The number of esters is 4. The van der Waals surface area contributed by atoms with Gasteiger partial charge in [0.15, 0.2) is 0 Å². The molecule has 0 bridgehead atoms. The molecule has 0 amide bonds. The zero-order valence-corrected chi connectivity index (χ0v) is 27.8. The Bertz CT molecular complexity index is 1390. The zero-order valence-electron chi connectivity index (χ0n) is 27.8. The molecule has 0 aliphatic heterocycles. The molecule has 0 saturated carbocycles. The molecule has 2 aliphatic carbocycles. The SMILES string of the molecule is O=C(CC(=O)OCCCCCCOc1ccc(OC(=O)C2=CC=CC2)cc1)OCCCCCCOc1ccc(OC(=O)C2=CC=CC2)cc1. The highest BCUT2D eigenvalue weighted by molar-refractivity contribution is 5.92. The summed E-state index contributed by atoms with van der Waals surface area (Å²) in [6, 6.07) is 13.9. The smallest absolute Gasteiger partial charge is 0.339 e. The molecule has 260 valence electrons. The molecular weight excluding hydrogens is 628 g/mol. The minimum absolute atomic E-state index is 0.260. The van der Waals surface area contributed by atoms with E-state index in [2.05, 4.69) is 0 Å². The maximum Gasteiger partial charge on any atom is 0.339 e. The van der Waals surface area contributed by atoms with E-state index in [1.54, 1.807) is 60.7 Å². The van der Waals surface area contributed by atoms with Crippen LogP contribution in [-0.2, 0) is 28.7 Å². The Morgan fingerprint density at radius 2 is 0.837 bits per heavy atom. The standard InChI is InChI=1S/C39H44O10/c40-36(46-27-11-3-1-9-25-44-32-17-21-34(22-18-32)48-38(42)30-13-5-6-14-30)29-37(41)47-28-12-4-2-10-26-45-33-19-23-35(24-20-33)49-39(43)31-15-7-8-16-31/h5-8,13,15,17-24H,1-4,9-12,14,16,25-29H2. The molecule has 4 rings (SSSR count). The Hall–Kier alpha value is -5.12. The molecule has 0 radical (unpaired) electrons. The number of allylic oxidation sites excluding steroid dienone is 6. The fourth-order valence-corrected chi connectivity index (χ4v) is 4.84. The predicted octanol–water partition coefficient (Wildman–Crippen LogP) is 7.33. The lowest BCUT2D eigenvalue weighted by Crippen LogP contribution is -2.15. The average Bonchev–Trinajstić information content (AvgIpc) is 3.85. The van der Waals surface area contributed by atoms with Gasteiger partial charge in [-0.15, -0.1) is 0 Å². The fraction of sp³-hybridized carbons (Fsp3) is 0.385. The second kappa shape index (κ2) is 21.0. The average molecular weight is 673 g/mol. The van der Waals surface area contributed by atoms with Crippen molar-refractivity contribution in [3.8, 4) is 23.0 Å². The molecular formula is C39H44O10. The molecule has 10 nitrogen and oxygen atoms in total. The molecule has 0 heterocycles. The van der Waals surface area contributed by atoms with E-state index in [1.165, 1.54) is 0 Å². The summed E-state index contributed by atoms with van der Waals surface area (Å²) in [4.78, 5) is 47.9. The molecule has 2 aliphatic rings. The second-order valence-electron chi connectivity index (χ2n) is 11.5. The number of carbonyl (C=O) groups is 4. The number of hydrogen-bond donors (Lipinski definition) is 0. The Balaban J connectivity index is 0.908. The zero-order chi connectivity index (χ0) is 34.5. The van der Waals surface area contributed by atoms with Crippen molar-refractivity contribution in [2.45, 2.75) is 70.6 Å². The van der Waals surface area contributed by atoms with Crippen LogP contribution in [0.5, 0.6) is 23.0 Å². The third-order valence-corrected chi connectivity index (χ3v) is 7.57. The molecule has 0 aromatic heterocycles. The van der Waals surface area contributed by atoms with Crippen LogP contribution in [0, 0.1) is 0 Å². The molecule has 0 atom stereocenters. The quantitative estimate of drug-likeness (QED) is 0.0544. The normalized spacial score (nSPS) is 13.0. The lowest BCUT2D eigenvalue weighted by Gasteiger charge is -2.09. The first-order valence-corrected chi connectivity index (χ1v) is 16.9. The van der Waals surface area contributed by atoms with E-state index in [0.29, 0.717) is 73.0 Å². The van der Waals surface area contributed by atoms with Gasteiger partial charge in [0.25, 0.3) is 0 Å². The van der Waals surface area contributed by atoms with Crippen LogP contribution in [0.1, 0.15) is 70.6 Å². The molecule has 0 spiro atoms. The number of hydrogen-bond acceptors (Lipinski definition) is 10. The van der Waals surface area contributed by atoms with Crippen molar-refractivity contribution < 1.29 is 47.6 Å². The van der Waals surface area contributed by atoms with Gasteiger partial charge in [0, 0.05) is 11.1 Å². The summed E-state index contributed by atoms with van der Waals surface area (Å²) in [5.41, 5.74) is 1.27. The van der Waals surface area contributed by atoms with Crippen LogP contribution in [0.2, 0.25) is 0 Å². The van der Waals surface area contributed by atoms with Crippen LogP contribution < -0.4 is 18.9 Å². The maximum atomic E-state index is 12.0. The van der Waals surface area contributed by atoms with Gasteiger partial charge in [0.1, 0.15) is 29.4 Å². The first-order chi connectivity index (χ1) is 24.0. The minimum atomic E-state index is -0.578. The summed E-state index contributed by atoms with van der Waals surface area (Å²) in [6.07, 6.45) is 18.5. The summed E-state index contributed by atoms with van der Waals surface area (Å²) >= 11 is 0. The van der Waals surface area contributed by atoms with E-state index in [4.69, 9.17) is 28.4 Å². The predicted molar refractivity (Wildman–Crippen MR) is 182 cm³/mol. The van der Waals surface area contributed by atoms with Crippen LogP contribution >= 0.6 is 0 Å². The molecule has 2 aromatic carbocycles. The van der Waals surface area contributed by atoms with Gasteiger partial charge in [-0.25, -0.2) is 9.59 Å². The number of ether oxygens (including phenoxy) is 6. The van der Waals surface area contributed by atoms with Gasteiger partial charge in [-0.05, 0) is 113 Å². The van der Waals surface area contributed by atoms with Crippen LogP contribution in [0.3, 0.4) is 0 Å². The van der Waals surface area contributed by atoms with Crippen molar-refractivity contribution in [2.75, 3.05) is 26.4 Å². The monoisotopic (exact) mass is 672 g/mol. The van der Waals surface area contributed by atoms with Crippen LogP contribution in [0.4, 0.5) is 0 Å². The van der Waals surface area contributed by atoms with Gasteiger partial charge in [-0.3, -0.25) is 9.59 Å². The highest BCUT2D eigenvalue weighted by atomic mass is 16.6. The van der Waals surface area contributed by atoms with Gasteiger partial charge in [0.05, 0.1) is 26.4 Å². The fourth-order valence-electron chi connectivity index (χ4n) is 4.84. The Morgan fingerprint density at radius 1 is 0.469 bits per heavy atom. The number of benzene rings is 2. The first-order valence-electron chi connectivity index (χ1n) is 16.9. The highest BCUT2D eigenvalue weighted by Crippen LogP contribution is 2.22. The molecule has 49 heavy (non-hydrogen) atoms. The van der Waals surface area contributed by atoms with E-state index in [1.807, 2.05) is 24.3 Å². The number of unbranched alkanes of at least 4 members (excludes halogenated alkanes) is 6. The van der Waals surface area contributed by atoms with E-state index < -0.39 is 11.9 Å². The largest absolute Gasteiger partial charge is 0.494 e. The molecule has 2 aromatic rings. The van der Waals surface area contributed by atoms with Crippen molar-refractivity contribution >= 4 is 23.9 Å². The van der Waals surface area contributed by atoms with Crippen molar-refractivity contribution in [3.63, 3.8) is 0 Å². The Labute approximate surface area is 287 Å². The lowest BCUT2D eigenvalue weighted by molar-refractivity contribution is -0.154. The summed E-state index contributed by atoms with van der Waals surface area (Å²) in [7, 11) is 0. The minimum Gasteiger partial charge on any atom is -0.494 e. The molecule has 0 unspecified atom stereocenters. The molecule has 0 fully saturated rings. The van der Waals surface area contributed by atoms with Crippen molar-refractivity contribution in [1.29, 1.82) is 0 Å². The van der Waals surface area contributed by atoms with Crippen molar-refractivity contribution in [2.24, 2.45) is 0 Å². The second-order valence-corrected chi connectivity index (χ2v) is 11.5. The summed E-state index contributed by atoms with van der Waals surface area (Å²) in [5, 5.41) is 0. The van der Waals surface area contributed by atoms with Crippen LogP contribution in [-0.4, -0.2) is 50.3 Å². The van der Waals surface area contributed by atoms with Gasteiger partial charge < -0.3 is 28.4 Å². The molecule has 10 heteroatoms. The third-order valence-electron chi connectivity index (χ3n) is 7.57. The van der Waals surface area contributed by atoms with Crippen LogP contribution in [0.25, 0.3) is 0 Å². The van der Waals surface area contributed by atoms with E-state index in [0.717, 1.165) is 38.5 Å². The summed E-state index contributed by atoms with van der Waals surface area (Å²) in [5.74, 6) is 0.500. The topological polar surface area (TPSA) is 124 Å². The van der Waals surface area contributed by atoms with Gasteiger partial charge in [-0.2, -0.15) is 0 Å². The molecule has 0 N–H and O–H groups in total. The first kappa shape index (κ1) is 36.7. The summed E-state index contributed by atoms with van der Waals surface area (Å²) < 4.78 is 32.5. The number of carbonyl (C=O) groups excluding carboxylic acids is 4.